The molecule has 0 atom stereocenters. The van der Waals surface area contributed by atoms with Crippen molar-refractivity contribution in [1.29, 1.82) is 0 Å². The van der Waals surface area contributed by atoms with Gasteiger partial charge in [-0.2, -0.15) is 0 Å². The van der Waals surface area contributed by atoms with Crippen LogP contribution in [0.5, 0.6) is 0 Å². The largest absolute Gasteiger partial charge is 0.412 e. The highest BCUT2D eigenvalue weighted by Crippen LogP contribution is 1.51. The second-order valence-corrected chi connectivity index (χ2v) is 0.771. The van der Waals surface area contributed by atoms with Crippen molar-refractivity contribution in [2.24, 2.45) is 0 Å². The van der Waals surface area contributed by atoms with Gasteiger partial charge in [-0.1, -0.05) is 0 Å². The standard InChI is InChI=1S/C2H2N2O2.H2O/c5-2-1-3-4-6-2;/h1,4H;1H2. The Bertz CT molecular complexity index is 149. The lowest BCUT2D eigenvalue weighted by Gasteiger charge is -1.51. The second-order valence-electron chi connectivity index (χ2n) is 0.771. The number of nitrogens with zero attached hydrogens (tertiary/aromatic N) is 1. The topological polar surface area (TPSA) is 90.4 Å². The first-order valence-corrected chi connectivity index (χ1v) is 1.38. The molecule has 3 N–H and O–H groups in total. The van der Waals surface area contributed by atoms with Crippen molar-refractivity contribution >= 4 is 0 Å². The van der Waals surface area contributed by atoms with Gasteiger partial charge < -0.3 is 10.00 Å². The smallest absolute Gasteiger partial charge is 0.377 e. The van der Waals surface area contributed by atoms with Gasteiger partial charge in [-0.05, 0) is 0 Å². The molecule has 0 aliphatic rings. The molecule has 1 rings (SSSR count). The minimum Gasteiger partial charge on any atom is -0.412 e. The van der Waals surface area contributed by atoms with Crippen LogP contribution in [0.2, 0.25) is 0 Å². The predicted molar refractivity (Wildman–Crippen MR) is 20.7 cm³/mol. The number of aromatic nitrogens is 2. The summed E-state index contributed by atoms with van der Waals surface area (Å²) in [7, 11) is 0. The summed E-state index contributed by atoms with van der Waals surface area (Å²) in [4.78, 5) is 9.81. The number of aromatic amines is 1. The van der Waals surface area contributed by atoms with Gasteiger partial charge in [-0.3, -0.25) is 0 Å². The zero-order valence-electron chi connectivity index (χ0n) is 3.34. The Morgan fingerprint density at radius 1 is 1.86 bits per heavy atom. The van der Waals surface area contributed by atoms with Crippen LogP contribution in [0.25, 0.3) is 0 Å². The van der Waals surface area contributed by atoms with Crippen LogP contribution in [0, 0.1) is 0 Å². The quantitative estimate of drug-likeness (QED) is 0.436. The molecule has 1 aromatic heterocycles. The molecule has 0 aliphatic heterocycles. The van der Waals surface area contributed by atoms with Gasteiger partial charge in [0.25, 0.3) is 0 Å². The summed E-state index contributed by atoms with van der Waals surface area (Å²) in [5.74, 6) is 0. The fourth-order valence-corrected chi connectivity index (χ4v) is 0.177. The molecular formula is C2H4N2O3. The average Bonchev–Trinajstić information content (AvgIpc) is 1.86. The van der Waals surface area contributed by atoms with Crippen LogP contribution in [0.15, 0.2) is 15.5 Å². The van der Waals surface area contributed by atoms with E-state index in [0.717, 1.165) is 6.20 Å². The Labute approximate surface area is 38.2 Å². The first kappa shape index (κ1) is 5.90. The van der Waals surface area contributed by atoms with Crippen molar-refractivity contribution in [2.75, 3.05) is 0 Å². The van der Waals surface area contributed by atoms with Crippen LogP contribution < -0.4 is 5.63 Å². The number of hydrogen-bond donors (Lipinski definition) is 1. The van der Waals surface area contributed by atoms with Crippen molar-refractivity contribution in [3.63, 3.8) is 0 Å². The maximum absolute atomic E-state index is 9.81. The molecule has 0 fully saturated rings. The third-order valence-electron chi connectivity index (χ3n) is 0.369. The SMILES string of the molecule is O.O=c1cn[nH]o1. The van der Waals surface area contributed by atoms with Gasteiger partial charge in [0.15, 0.2) is 0 Å². The van der Waals surface area contributed by atoms with E-state index >= 15 is 0 Å². The normalized spacial score (nSPS) is 7.43. The summed E-state index contributed by atoms with van der Waals surface area (Å²) >= 11 is 0. The molecule has 5 heteroatoms. The highest BCUT2D eigenvalue weighted by Gasteiger charge is 1.75. The van der Waals surface area contributed by atoms with E-state index in [0.29, 0.717) is 0 Å². The van der Waals surface area contributed by atoms with E-state index in [4.69, 9.17) is 0 Å². The molecule has 0 amide bonds. The summed E-state index contributed by atoms with van der Waals surface area (Å²) in [5.41, 5.74) is -0.449. The fraction of sp³-hybridized carbons (Fsp3) is 0. The Morgan fingerprint density at radius 3 is 2.71 bits per heavy atom. The third kappa shape index (κ3) is 1.18. The van der Waals surface area contributed by atoms with E-state index in [1.54, 1.807) is 0 Å². The van der Waals surface area contributed by atoms with E-state index in [-0.39, 0.29) is 5.48 Å². The van der Waals surface area contributed by atoms with Crippen LogP contribution in [-0.2, 0) is 0 Å². The summed E-state index contributed by atoms with van der Waals surface area (Å²) in [6, 6.07) is 0. The minimum atomic E-state index is -0.449. The van der Waals surface area contributed by atoms with E-state index in [1.165, 1.54) is 0 Å². The van der Waals surface area contributed by atoms with Crippen molar-refractivity contribution in [3.8, 4) is 0 Å². The molecule has 0 saturated carbocycles. The third-order valence-corrected chi connectivity index (χ3v) is 0.369. The highest BCUT2D eigenvalue weighted by atomic mass is 16.5. The van der Waals surface area contributed by atoms with Gasteiger partial charge in [-0.15, -0.1) is 10.4 Å². The van der Waals surface area contributed by atoms with Crippen LogP contribution in [0.1, 0.15) is 0 Å². The number of H-pyrrole nitrogens is 1. The van der Waals surface area contributed by atoms with Gasteiger partial charge in [0, 0.05) is 0 Å². The lowest BCUT2D eigenvalue weighted by Crippen LogP contribution is -1.84. The lowest BCUT2D eigenvalue weighted by atomic mass is 11.0. The minimum absolute atomic E-state index is 0. The van der Waals surface area contributed by atoms with Crippen LogP contribution in [0.3, 0.4) is 0 Å². The van der Waals surface area contributed by atoms with E-state index < -0.39 is 5.63 Å². The maximum Gasteiger partial charge on any atom is 0.377 e. The van der Waals surface area contributed by atoms with E-state index in [1.807, 2.05) is 5.27 Å². The van der Waals surface area contributed by atoms with Gasteiger partial charge >= 0.3 is 5.63 Å². The fourth-order valence-electron chi connectivity index (χ4n) is 0.177. The van der Waals surface area contributed by atoms with Gasteiger partial charge in [0.2, 0.25) is 0 Å². The second kappa shape index (κ2) is 2.14. The molecule has 5 nitrogen and oxygen atoms in total. The Morgan fingerprint density at radius 2 is 2.57 bits per heavy atom. The van der Waals surface area contributed by atoms with Crippen molar-refractivity contribution < 1.29 is 10.00 Å². The lowest BCUT2D eigenvalue weighted by molar-refractivity contribution is 0.368. The van der Waals surface area contributed by atoms with Crippen molar-refractivity contribution in [1.82, 2.24) is 10.4 Å². The first-order valence-electron chi connectivity index (χ1n) is 1.38. The first-order chi connectivity index (χ1) is 2.89. The number of rotatable bonds is 0. The summed E-state index contributed by atoms with van der Waals surface area (Å²) in [6.45, 7) is 0. The monoisotopic (exact) mass is 104 g/mol. The maximum atomic E-state index is 9.81. The van der Waals surface area contributed by atoms with Crippen LogP contribution >= 0.6 is 0 Å². The molecule has 0 aliphatic carbocycles. The molecule has 0 aromatic carbocycles. The predicted octanol–water partition coefficient (Wildman–Crippen LogP) is -1.46. The molecule has 7 heavy (non-hydrogen) atoms. The van der Waals surface area contributed by atoms with Crippen molar-refractivity contribution in [3.05, 3.63) is 16.6 Å². The van der Waals surface area contributed by atoms with Crippen LogP contribution in [0.4, 0.5) is 0 Å². The molecule has 40 valence electrons. The summed E-state index contributed by atoms with van der Waals surface area (Å²) in [5, 5.41) is 5.21. The Balaban J connectivity index is 0.000000360. The highest BCUT2D eigenvalue weighted by molar-refractivity contribution is 4.54. The van der Waals surface area contributed by atoms with E-state index in [9.17, 15) is 4.79 Å². The van der Waals surface area contributed by atoms with Gasteiger partial charge in [0.1, 0.15) is 6.20 Å². The molecule has 0 radical (unpaired) electrons. The average molecular weight is 104 g/mol. The number of nitrogens with one attached hydrogen (secondary N) is 1. The molecule has 0 bridgehead atoms. The van der Waals surface area contributed by atoms with Crippen LogP contribution in [-0.4, -0.2) is 15.8 Å². The van der Waals surface area contributed by atoms with Gasteiger partial charge in [0.05, 0.1) is 0 Å². The number of hydrogen-bond acceptors (Lipinski definition) is 3. The zero-order chi connectivity index (χ0) is 4.41. The summed E-state index contributed by atoms with van der Waals surface area (Å²) < 4.78 is 4.04. The molecule has 1 heterocycles. The van der Waals surface area contributed by atoms with Crippen molar-refractivity contribution in [2.45, 2.75) is 0 Å². The summed E-state index contributed by atoms with van der Waals surface area (Å²) in [6.07, 6.45) is 1.06. The zero-order valence-corrected chi connectivity index (χ0v) is 3.34. The van der Waals surface area contributed by atoms with Gasteiger partial charge in [-0.25, -0.2) is 4.79 Å². The Hall–Kier alpha value is -1.10. The molecule has 1 aromatic rings. The molecular weight excluding hydrogens is 100 g/mol. The van der Waals surface area contributed by atoms with E-state index in [2.05, 4.69) is 9.62 Å². The molecule has 0 saturated heterocycles. The molecule has 0 spiro atoms. The Kier molecular flexibility index (Phi) is 1.80. The molecule has 0 unspecified atom stereocenters.